The quantitative estimate of drug-likeness (QED) is 0.568. The van der Waals surface area contributed by atoms with E-state index in [1.165, 1.54) is 18.2 Å². The third-order valence-corrected chi connectivity index (χ3v) is 1.89. The standard InChI is InChI=1S/C10H8ClNO2/c1-2-14-10-4-3-7(5-8(10)11)9(13)6-12/h3-5H,2H2,1H3. The van der Waals surface area contributed by atoms with Crippen molar-refractivity contribution in [3.63, 3.8) is 0 Å². The molecule has 0 atom stereocenters. The maximum atomic E-state index is 11.0. The van der Waals surface area contributed by atoms with Crippen molar-refractivity contribution in [3.05, 3.63) is 28.8 Å². The van der Waals surface area contributed by atoms with E-state index in [2.05, 4.69) is 0 Å². The molecule has 0 aromatic heterocycles. The second kappa shape index (κ2) is 4.64. The summed E-state index contributed by atoms with van der Waals surface area (Å²) in [4.78, 5) is 11.0. The molecule has 0 amide bonds. The molecule has 0 saturated heterocycles. The molecular formula is C10H8ClNO2. The molecule has 14 heavy (non-hydrogen) atoms. The summed E-state index contributed by atoms with van der Waals surface area (Å²) in [6, 6.07) is 6.05. The lowest BCUT2D eigenvalue weighted by Gasteiger charge is -2.05. The Bertz CT molecular complexity index is 396. The Kier molecular flexibility index (Phi) is 3.49. The number of Topliss-reactive ketones (excluding diaryl/α,β-unsaturated/α-hetero) is 1. The van der Waals surface area contributed by atoms with E-state index in [-0.39, 0.29) is 5.56 Å². The van der Waals surface area contributed by atoms with E-state index in [1.807, 2.05) is 6.92 Å². The van der Waals surface area contributed by atoms with E-state index in [1.54, 1.807) is 6.07 Å². The molecule has 0 radical (unpaired) electrons. The number of nitrogens with zero attached hydrogens (tertiary/aromatic N) is 1. The van der Waals surface area contributed by atoms with Crippen molar-refractivity contribution in [1.82, 2.24) is 0 Å². The largest absolute Gasteiger partial charge is 0.492 e. The molecule has 1 aromatic rings. The number of ketones is 1. The average Bonchev–Trinajstić information content (AvgIpc) is 2.20. The van der Waals surface area contributed by atoms with Crippen LogP contribution in [0.15, 0.2) is 18.2 Å². The summed E-state index contributed by atoms with van der Waals surface area (Å²) in [5.41, 5.74) is 0.279. The predicted molar refractivity (Wildman–Crippen MR) is 52.6 cm³/mol. The van der Waals surface area contributed by atoms with Gasteiger partial charge in [-0.2, -0.15) is 5.26 Å². The van der Waals surface area contributed by atoms with Crippen LogP contribution in [0.25, 0.3) is 0 Å². The molecule has 0 N–H and O–H groups in total. The van der Waals surface area contributed by atoms with E-state index in [0.29, 0.717) is 17.4 Å². The third-order valence-electron chi connectivity index (χ3n) is 1.60. The minimum Gasteiger partial charge on any atom is -0.492 e. The highest BCUT2D eigenvalue weighted by Gasteiger charge is 2.07. The van der Waals surface area contributed by atoms with Gasteiger partial charge in [0.1, 0.15) is 11.8 Å². The zero-order chi connectivity index (χ0) is 10.6. The van der Waals surface area contributed by atoms with Gasteiger partial charge in [0, 0.05) is 5.56 Å². The molecule has 0 fully saturated rings. The number of benzene rings is 1. The fourth-order valence-electron chi connectivity index (χ4n) is 0.979. The van der Waals surface area contributed by atoms with Crippen LogP contribution in [0.1, 0.15) is 17.3 Å². The molecule has 0 bridgehead atoms. The van der Waals surface area contributed by atoms with Gasteiger partial charge in [-0.3, -0.25) is 4.79 Å². The maximum absolute atomic E-state index is 11.0. The van der Waals surface area contributed by atoms with Crippen molar-refractivity contribution >= 4 is 17.4 Å². The highest BCUT2D eigenvalue weighted by molar-refractivity contribution is 6.32. The van der Waals surface area contributed by atoms with Gasteiger partial charge in [-0.1, -0.05) is 11.6 Å². The SMILES string of the molecule is CCOc1ccc(C(=O)C#N)cc1Cl. The van der Waals surface area contributed by atoms with Crippen molar-refractivity contribution in [1.29, 1.82) is 5.26 Å². The molecule has 1 rings (SSSR count). The third kappa shape index (κ3) is 2.24. The van der Waals surface area contributed by atoms with E-state index >= 15 is 0 Å². The number of halogens is 1. The van der Waals surface area contributed by atoms with Gasteiger partial charge in [0.15, 0.2) is 0 Å². The van der Waals surface area contributed by atoms with Gasteiger partial charge in [0.2, 0.25) is 0 Å². The molecule has 0 aliphatic carbocycles. The van der Waals surface area contributed by atoms with Gasteiger partial charge >= 0.3 is 0 Å². The summed E-state index contributed by atoms with van der Waals surface area (Å²) < 4.78 is 5.18. The number of rotatable bonds is 3. The normalized spacial score (nSPS) is 9.21. The molecule has 0 aliphatic rings. The minimum atomic E-state index is -0.602. The lowest BCUT2D eigenvalue weighted by molar-refractivity contribution is 0.105. The van der Waals surface area contributed by atoms with Gasteiger partial charge in [0.05, 0.1) is 11.6 Å². The van der Waals surface area contributed by atoms with Gasteiger partial charge < -0.3 is 4.74 Å². The van der Waals surface area contributed by atoms with Gasteiger partial charge in [0.25, 0.3) is 5.78 Å². The molecule has 0 aliphatic heterocycles. The monoisotopic (exact) mass is 209 g/mol. The summed E-state index contributed by atoms with van der Waals surface area (Å²) in [5, 5.41) is 8.72. The van der Waals surface area contributed by atoms with Crippen LogP contribution >= 0.6 is 11.6 Å². The second-order valence-electron chi connectivity index (χ2n) is 2.52. The van der Waals surface area contributed by atoms with Crippen LogP contribution in [-0.2, 0) is 0 Å². The Morgan fingerprint density at radius 1 is 1.64 bits per heavy atom. The molecule has 4 heteroatoms. The smallest absolute Gasteiger partial charge is 0.262 e. The number of ether oxygens (including phenoxy) is 1. The number of carbonyl (C=O) groups is 1. The zero-order valence-corrected chi connectivity index (χ0v) is 8.34. The lowest BCUT2D eigenvalue weighted by Crippen LogP contribution is -1.97. The molecule has 0 unspecified atom stereocenters. The Morgan fingerprint density at radius 3 is 2.86 bits per heavy atom. The van der Waals surface area contributed by atoms with E-state index < -0.39 is 5.78 Å². The fourth-order valence-corrected chi connectivity index (χ4v) is 1.21. The van der Waals surface area contributed by atoms with Crippen molar-refractivity contribution in [2.24, 2.45) is 0 Å². The van der Waals surface area contributed by atoms with Gasteiger partial charge in [-0.05, 0) is 25.1 Å². The first kappa shape index (κ1) is 10.6. The highest BCUT2D eigenvalue weighted by Crippen LogP contribution is 2.25. The van der Waals surface area contributed by atoms with Gasteiger partial charge in [-0.25, -0.2) is 0 Å². The lowest BCUT2D eigenvalue weighted by atomic mass is 10.1. The highest BCUT2D eigenvalue weighted by atomic mass is 35.5. The number of hydrogen-bond donors (Lipinski definition) is 0. The summed E-state index contributed by atoms with van der Waals surface area (Å²) in [6.45, 7) is 2.34. The summed E-state index contributed by atoms with van der Waals surface area (Å²) >= 11 is 5.82. The van der Waals surface area contributed by atoms with Crippen molar-refractivity contribution in [2.45, 2.75) is 6.92 Å². The van der Waals surface area contributed by atoms with Crippen LogP contribution in [0, 0.1) is 11.3 Å². The van der Waals surface area contributed by atoms with E-state index in [9.17, 15) is 4.79 Å². The molecule has 72 valence electrons. The summed E-state index contributed by atoms with van der Waals surface area (Å²) in [6.07, 6.45) is 0. The van der Waals surface area contributed by atoms with Crippen LogP contribution in [0.2, 0.25) is 5.02 Å². The van der Waals surface area contributed by atoms with Crippen LogP contribution in [0.5, 0.6) is 5.75 Å². The fraction of sp³-hybridized carbons (Fsp3) is 0.200. The molecule has 0 saturated carbocycles. The predicted octanol–water partition coefficient (Wildman–Crippen LogP) is 2.44. The average molecular weight is 210 g/mol. The van der Waals surface area contributed by atoms with Crippen LogP contribution < -0.4 is 4.74 Å². The topological polar surface area (TPSA) is 50.1 Å². The first-order chi connectivity index (χ1) is 6.69. The van der Waals surface area contributed by atoms with Crippen LogP contribution in [-0.4, -0.2) is 12.4 Å². The second-order valence-corrected chi connectivity index (χ2v) is 2.93. The van der Waals surface area contributed by atoms with E-state index in [4.69, 9.17) is 21.6 Å². The Labute approximate surface area is 86.9 Å². The molecule has 0 spiro atoms. The number of carbonyl (C=O) groups excluding carboxylic acids is 1. The zero-order valence-electron chi connectivity index (χ0n) is 7.58. The maximum Gasteiger partial charge on any atom is 0.262 e. The Morgan fingerprint density at radius 2 is 2.36 bits per heavy atom. The van der Waals surface area contributed by atoms with E-state index in [0.717, 1.165) is 0 Å². The first-order valence-electron chi connectivity index (χ1n) is 4.05. The number of nitriles is 1. The minimum absolute atomic E-state index is 0.279. The Hall–Kier alpha value is -1.53. The first-order valence-corrected chi connectivity index (χ1v) is 4.43. The Balaban J connectivity index is 3.01. The van der Waals surface area contributed by atoms with Crippen LogP contribution in [0.3, 0.4) is 0 Å². The summed E-state index contributed by atoms with van der Waals surface area (Å²) in [5.74, 6) is -0.0846. The summed E-state index contributed by atoms with van der Waals surface area (Å²) in [7, 11) is 0. The molecular weight excluding hydrogens is 202 g/mol. The number of hydrogen-bond acceptors (Lipinski definition) is 3. The molecule has 1 aromatic carbocycles. The molecule has 3 nitrogen and oxygen atoms in total. The van der Waals surface area contributed by atoms with Crippen LogP contribution in [0.4, 0.5) is 0 Å². The van der Waals surface area contributed by atoms with Gasteiger partial charge in [-0.15, -0.1) is 0 Å². The van der Waals surface area contributed by atoms with Crippen molar-refractivity contribution in [2.75, 3.05) is 6.61 Å². The van der Waals surface area contributed by atoms with Crippen molar-refractivity contribution < 1.29 is 9.53 Å². The van der Waals surface area contributed by atoms with Crippen molar-refractivity contribution in [3.8, 4) is 11.8 Å². The molecule has 0 heterocycles.